The molecule has 2 heterocycles. The Bertz CT molecular complexity index is 2520. The van der Waals surface area contributed by atoms with Crippen molar-refractivity contribution in [2.75, 3.05) is 19.1 Å². The number of nitrogens with zero attached hydrogens (tertiary/aromatic N) is 2. The molecule has 2 saturated heterocycles. The lowest BCUT2D eigenvalue weighted by Gasteiger charge is -2.51. The number of aromatic hydroxyl groups is 2. The number of hydrogen-bond acceptors (Lipinski definition) is 8. The first-order valence-electron chi connectivity index (χ1n) is 18.8. The molecule has 6 atom stereocenters. The lowest BCUT2D eigenvalue weighted by Crippen LogP contribution is -2.53. The number of allylic oxidation sites excluding steroid dienone is 2. The SMILES string of the molecule is COc1ccc([C@@]23C(=O)N(Nc4ccc(Cl)cc4Cl)C(=O)[C@@H]2C[C@@H]2C(=CC[C@@H]4C(=O)N(CCc5ccc(O)cc5)C(=O)[C@@H]42)[C@@H]3c2ccc(O)c3ccccc23)cc1. The summed E-state index contributed by atoms with van der Waals surface area (Å²) < 4.78 is 5.51. The number of hydrazine groups is 1. The van der Waals surface area contributed by atoms with Crippen LogP contribution in [0.25, 0.3) is 10.8 Å². The zero-order valence-corrected chi connectivity index (χ0v) is 32.2. The summed E-state index contributed by atoms with van der Waals surface area (Å²) in [5, 5.41) is 23.7. The summed E-state index contributed by atoms with van der Waals surface area (Å²) in [4.78, 5) is 60.8. The molecule has 4 amide bonds. The third-order valence-electron chi connectivity index (χ3n) is 12.5. The highest BCUT2D eigenvalue weighted by molar-refractivity contribution is 6.36. The van der Waals surface area contributed by atoms with Crippen LogP contribution >= 0.6 is 23.2 Å². The molecule has 2 aliphatic heterocycles. The summed E-state index contributed by atoms with van der Waals surface area (Å²) >= 11 is 12.8. The number of carbonyl (C=O) groups is 4. The quantitative estimate of drug-likeness (QED) is 0.107. The first-order valence-corrected chi connectivity index (χ1v) is 19.6. The number of phenols is 2. The average molecular weight is 803 g/mol. The minimum atomic E-state index is -1.55. The van der Waals surface area contributed by atoms with Crippen molar-refractivity contribution in [1.29, 1.82) is 0 Å². The number of anilines is 1. The van der Waals surface area contributed by atoms with Crippen molar-refractivity contribution in [1.82, 2.24) is 9.91 Å². The van der Waals surface area contributed by atoms with Gasteiger partial charge in [0.2, 0.25) is 11.8 Å². The van der Waals surface area contributed by atoms with Crippen molar-refractivity contribution in [3.63, 3.8) is 0 Å². The number of likely N-dealkylation sites (tertiary alicyclic amines) is 1. The van der Waals surface area contributed by atoms with E-state index < -0.39 is 46.8 Å². The number of hydrogen-bond donors (Lipinski definition) is 3. The van der Waals surface area contributed by atoms with E-state index in [0.29, 0.717) is 44.8 Å². The highest BCUT2D eigenvalue weighted by Crippen LogP contribution is 2.65. The van der Waals surface area contributed by atoms with E-state index in [1.165, 1.54) is 11.0 Å². The van der Waals surface area contributed by atoms with Gasteiger partial charge in [0.15, 0.2) is 0 Å². The van der Waals surface area contributed by atoms with Gasteiger partial charge in [-0.1, -0.05) is 89.4 Å². The minimum Gasteiger partial charge on any atom is -0.508 e. The maximum atomic E-state index is 15.6. The van der Waals surface area contributed by atoms with Gasteiger partial charge in [-0.25, -0.2) is 0 Å². The molecular weight excluding hydrogens is 765 g/mol. The van der Waals surface area contributed by atoms with Crippen LogP contribution in [0.3, 0.4) is 0 Å². The number of amides is 4. The maximum Gasteiger partial charge on any atom is 0.260 e. The van der Waals surface area contributed by atoms with E-state index in [4.69, 9.17) is 27.9 Å². The molecule has 3 fully saturated rings. The molecule has 1 saturated carbocycles. The smallest absolute Gasteiger partial charge is 0.260 e. The van der Waals surface area contributed by atoms with Crippen molar-refractivity contribution in [3.8, 4) is 17.2 Å². The Balaban J connectivity index is 1.22. The Morgan fingerprint density at radius 1 is 0.825 bits per heavy atom. The Morgan fingerprint density at radius 2 is 1.56 bits per heavy atom. The van der Waals surface area contributed by atoms with Gasteiger partial charge in [0.05, 0.1) is 41.0 Å². The van der Waals surface area contributed by atoms with Crippen molar-refractivity contribution >= 4 is 63.3 Å². The lowest BCUT2D eigenvalue weighted by atomic mass is 9.49. The van der Waals surface area contributed by atoms with Gasteiger partial charge >= 0.3 is 0 Å². The number of fused-ring (bicyclic) bond motifs is 5. The van der Waals surface area contributed by atoms with Crippen LogP contribution in [0.2, 0.25) is 10.0 Å². The number of methoxy groups -OCH3 is 1. The van der Waals surface area contributed by atoms with E-state index >= 15 is 9.59 Å². The molecule has 2 aliphatic carbocycles. The molecular formula is C45H37Cl2N3O7. The molecule has 288 valence electrons. The predicted octanol–water partition coefficient (Wildman–Crippen LogP) is 7.79. The molecule has 5 aromatic rings. The summed E-state index contributed by atoms with van der Waals surface area (Å²) in [6.45, 7) is 0.166. The molecule has 5 aromatic carbocycles. The van der Waals surface area contributed by atoms with Gasteiger partial charge in [-0.05, 0) is 95.8 Å². The number of ether oxygens (including phenoxy) is 1. The summed E-state index contributed by atoms with van der Waals surface area (Å²) in [7, 11) is 1.55. The average Bonchev–Trinajstić information content (AvgIpc) is 3.59. The van der Waals surface area contributed by atoms with E-state index in [-0.39, 0.29) is 47.7 Å². The normalized spacial score (nSPS) is 25.3. The van der Waals surface area contributed by atoms with Crippen LogP contribution in [0.1, 0.15) is 35.4 Å². The summed E-state index contributed by atoms with van der Waals surface area (Å²) in [5.41, 5.74) is 4.73. The van der Waals surface area contributed by atoms with Gasteiger partial charge in [0, 0.05) is 22.9 Å². The standard InChI is InChI=1S/C45H37Cl2N3O7/c1-57-28-13-8-25(9-14-28)45-35(42(54)50(44(45)56)48-37-18-10-26(46)22-36(37)47)23-34-32(40(45)31-17-19-38(52)30-5-3-2-4-29(30)31)15-16-33-39(34)43(55)49(41(33)53)21-20-24-6-11-27(51)12-7-24/h2-15,17-19,22,33-35,39-40,48,51-52H,16,20-21,23H2,1H3/t33-,34+,35-,39-,40-,45+/m0/s1. The van der Waals surface area contributed by atoms with E-state index in [2.05, 4.69) is 5.43 Å². The van der Waals surface area contributed by atoms with Crippen LogP contribution in [0.4, 0.5) is 5.69 Å². The second kappa shape index (κ2) is 14.0. The number of imide groups is 2. The van der Waals surface area contributed by atoms with E-state index in [9.17, 15) is 19.8 Å². The predicted molar refractivity (Wildman–Crippen MR) is 215 cm³/mol. The fourth-order valence-corrected chi connectivity index (χ4v) is 10.4. The number of phenolic OH excluding ortho intramolecular Hbond substituents is 2. The second-order valence-corrected chi connectivity index (χ2v) is 16.0. The van der Waals surface area contributed by atoms with Crippen LogP contribution in [-0.2, 0) is 31.0 Å². The van der Waals surface area contributed by atoms with Gasteiger partial charge in [-0.2, -0.15) is 5.01 Å². The molecule has 9 rings (SSSR count). The Labute approximate surface area is 338 Å². The largest absolute Gasteiger partial charge is 0.508 e. The highest BCUT2D eigenvalue weighted by atomic mass is 35.5. The molecule has 57 heavy (non-hydrogen) atoms. The molecule has 0 bridgehead atoms. The second-order valence-electron chi connectivity index (χ2n) is 15.2. The maximum absolute atomic E-state index is 15.6. The van der Waals surface area contributed by atoms with Crippen molar-refractivity contribution in [3.05, 3.63) is 142 Å². The van der Waals surface area contributed by atoms with Crippen LogP contribution in [0, 0.1) is 23.7 Å². The van der Waals surface area contributed by atoms with Crippen LogP contribution in [0.5, 0.6) is 17.2 Å². The summed E-state index contributed by atoms with van der Waals surface area (Å²) in [6, 6.07) is 29.3. The van der Waals surface area contributed by atoms with Gasteiger partial charge in [-0.15, -0.1) is 0 Å². The molecule has 0 spiro atoms. The first kappa shape index (κ1) is 36.8. The Kier molecular flexibility index (Phi) is 9.01. The molecule has 3 N–H and O–H groups in total. The first-order chi connectivity index (χ1) is 27.5. The van der Waals surface area contributed by atoms with Gasteiger partial charge in [0.1, 0.15) is 17.2 Å². The van der Waals surface area contributed by atoms with Crippen molar-refractivity contribution in [2.45, 2.75) is 30.6 Å². The Hall–Kier alpha value is -5.84. The van der Waals surface area contributed by atoms with Crippen LogP contribution < -0.4 is 10.2 Å². The molecule has 0 aromatic heterocycles. The topological polar surface area (TPSA) is 136 Å². The lowest BCUT2D eigenvalue weighted by molar-refractivity contribution is -0.141. The van der Waals surface area contributed by atoms with Gasteiger partial charge in [0.25, 0.3) is 11.8 Å². The molecule has 4 aliphatic rings. The third kappa shape index (κ3) is 5.68. The van der Waals surface area contributed by atoms with Gasteiger partial charge in [-0.3, -0.25) is 29.5 Å². The number of benzene rings is 5. The summed E-state index contributed by atoms with van der Waals surface area (Å²) in [6.07, 6.45) is 2.82. The fraction of sp³-hybridized carbons (Fsp3) is 0.244. The van der Waals surface area contributed by atoms with E-state index in [0.717, 1.165) is 16.1 Å². The fourth-order valence-electron chi connectivity index (χ4n) is 9.94. The number of rotatable bonds is 8. The number of halogens is 2. The van der Waals surface area contributed by atoms with Crippen molar-refractivity contribution < 1.29 is 34.1 Å². The monoisotopic (exact) mass is 801 g/mol. The third-order valence-corrected chi connectivity index (χ3v) is 13.0. The highest BCUT2D eigenvalue weighted by Gasteiger charge is 2.70. The van der Waals surface area contributed by atoms with Crippen molar-refractivity contribution in [2.24, 2.45) is 23.7 Å². The number of nitrogens with one attached hydrogen (secondary N) is 1. The van der Waals surface area contributed by atoms with Crippen LogP contribution in [0.15, 0.2) is 115 Å². The molecule has 10 nitrogen and oxygen atoms in total. The molecule has 0 radical (unpaired) electrons. The van der Waals surface area contributed by atoms with Crippen LogP contribution in [-0.4, -0.2) is 57.4 Å². The molecule has 0 unspecified atom stereocenters. The summed E-state index contributed by atoms with van der Waals surface area (Å²) in [5.74, 6) is -4.58. The Morgan fingerprint density at radius 3 is 2.28 bits per heavy atom. The van der Waals surface area contributed by atoms with Gasteiger partial charge < -0.3 is 14.9 Å². The minimum absolute atomic E-state index is 0.0600. The van der Waals surface area contributed by atoms with E-state index in [1.807, 2.05) is 36.4 Å². The van der Waals surface area contributed by atoms with E-state index in [1.54, 1.807) is 73.8 Å². The number of carbonyl (C=O) groups excluding carboxylic acids is 4. The molecule has 12 heteroatoms. The zero-order chi connectivity index (χ0) is 39.7. The zero-order valence-electron chi connectivity index (χ0n) is 30.7.